The molecule has 2 amide bonds. The predicted molar refractivity (Wildman–Crippen MR) is 101 cm³/mol. The molecule has 0 unspecified atom stereocenters. The van der Waals surface area contributed by atoms with Crippen molar-refractivity contribution in [3.63, 3.8) is 0 Å². The molecule has 0 bridgehead atoms. The minimum atomic E-state index is -0.520. The Hall–Kier alpha value is -3.52. The molecule has 0 saturated heterocycles. The molecule has 1 aliphatic heterocycles. The molecule has 146 valence electrons. The van der Waals surface area contributed by atoms with Gasteiger partial charge in [-0.25, -0.2) is 0 Å². The van der Waals surface area contributed by atoms with Gasteiger partial charge >= 0.3 is 0 Å². The number of ether oxygens (including phenoxy) is 3. The van der Waals surface area contributed by atoms with E-state index in [4.69, 9.17) is 19.3 Å². The van der Waals surface area contributed by atoms with Crippen LogP contribution in [0.25, 0.3) is 6.08 Å². The Morgan fingerprint density at radius 1 is 1.14 bits per heavy atom. The largest absolute Gasteiger partial charge is 0.497 e. The molecule has 0 fully saturated rings. The van der Waals surface area contributed by atoms with Crippen LogP contribution in [0.4, 0.5) is 0 Å². The Morgan fingerprint density at radius 3 is 2.61 bits per heavy atom. The van der Waals surface area contributed by atoms with Crippen LogP contribution in [-0.2, 0) is 4.79 Å². The van der Waals surface area contributed by atoms with Gasteiger partial charge < -0.3 is 30.0 Å². The van der Waals surface area contributed by atoms with Crippen LogP contribution in [0.5, 0.6) is 17.2 Å². The molecular formula is C20H20N2O6. The second kappa shape index (κ2) is 8.92. The number of aliphatic hydroxyl groups excluding tert-OH is 1. The van der Waals surface area contributed by atoms with E-state index in [-0.39, 0.29) is 25.6 Å². The van der Waals surface area contributed by atoms with Gasteiger partial charge in [-0.3, -0.25) is 9.59 Å². The lowest BCUT2D eigenvalue weighted by molar-refractivity contribution is -0.117. The summed E-state index contributed by atoms with van der Waals surface area (Å²) >= 11 is 0. The summed E-state index contributed by atoms with van der Waals surface area (Å²) in [6.07, 6.45) is 1.52. The zero-order chi connectivity index (χ0) is 19.9. The van der Waals surface area contributed by atoms with E-state index in [0.29, 0.717) is 28.4 Å². The molecular weight excluding hydrogens is 364 g/mol. The smallest absolute Gasteiger partial charge is 0.267 e. The van der Waals surface area contributed by atoms with Crippen molar-refractivity contribution in [2.24, 2.45) is 0 Å². The Labute approximate surface area is 161 Å². The SMILES string of the molecule is COc1ccc(C(=O)NC(=Cc2ccc3c(c2)OCO3)C(=O)NCCO)cc1. The van der Waals surface area contributed by atoms with Gasteiger partial charge in [0.1, 0.15) is 11.4 Å². The Balaban J connectivity index is 1.83. The van der Waals surface area contributed by atoms with E-state index < -0.39 is 11.8 Å². The summed E-state index contributed by atoms with van der Waals surface area (Å²) in [5.41, 5.74) is 1.05. The highest BCUT2D eigenvalue weighted by atomic mass is 16.7. The molecule has 28 heavy (non-hydrogen) atoms. The fraction of sp³-hybridized carbons (Fsp3) is 0.200. The minimum Gasteiger partial charge on any atom is -0.497 e. The minimum absolute atomic E-state index is 0.0353. The maximum atomic E-state index is 12.5. The third-order valence-electron chi connectivity index (χ3n) is 3.95. The van der Waals surface area contributed by atoms with Gasteiger partial charge in [-0.15, -0.1) is 0 Å². The first-order chi connectivity index (χ1) is 13.6. The molecule has 8 nitrogen and oxygen atoms in total. The van der Waals surface area contributed by atoms with Crippen molar-refractivity contribution in [2.45, 2.75) is 0 Å². The zero-order valence-corrected chi connectivity index (χ0v) is 15.2. The van der Waals surface area contributed by atoms with E-state index in [0.717, 1.165) is 0 Å². The number of carbonyl (C=O) groups is 2. The zero-order valence-electron chi connectivity index (χ0n) is 15.2. The lowest BCUT2D eigenvalue weighted by Gasteiger charge is -2.11. The van der Waals surface area contributed by atoms with E-state index in [1.54, 1.807) is 42.5 Å². The number of fused-ring (bicyclic) bond motifs is 1. The number of hydrogen-bond acceptors (Lipinski definition) is 6. The number of benzene rings is 2. The van der Waals surface area contributed by atoms with Crippen LogP contribution >= 0.6 is 0 Å². The molecule has 3 N–H and O–H groups in total. The highest BCUT2D eigenvalue weighted by Gasteiger charge is 2.17. The lowest BCUT2D eigenvalue weighted by atomic mass is 10.1. The van der Waals surface area contributed by atoms with Crippen molar-refractivity contribution >= 4 is 17.9 Å². The van der Waals surface area contributed by atoms with Gasteiger partial charge in [0, 0.05) is 12.1 Å². The van der Waals surface area contributed by atoms with Gasteiger partial charge in [0.15, 0.2) is 11.5 Å². The molecule has 0 saturated carbocycles. The second-order valence-electron chi connectivity index (χ2n) is 5.83. The first-order valence-corrected chi connectivity index (χ1v) is 8.56. The van der Waals surface area contributed by atoms with Gasteiger partial charge in [-0.1, -0.05) is 6.07 Å². The fourth-order valence-electron chi connectivity index (χ4n) is 2.53. The number of methoxy groups -OCH3 is 1. The maximum Gasteiger partial charge on any atom is 0.267 e. The Morgan fingerprint density at radius 2 is 1.89 bits per heavy atom. The van der Waals surface area contributed by atoms with Crippen LogP contribution in [-0.4, -0.2) is 44.0 Å². The van der Waals surface area contributed by atoms with Crippen LogP contribution < -0.4 is 24.8 Å². The van der Waals surface area contributed by atoms with Crippen molar-refractivity contribution in [3.05, 3.63) is 59.3 Å². The quantitative estimate of drug-likeness (QED) is 0.622. The number of nitrogens with one attached hydrogen (secondary N) is 2. The van der Waals surface area contributed by atoms with Crippen molar-refractivity contribution < 1.29 is 28.9 Å². The molecule has 0 atom stereocenters. The molecule has 0 aliphatic carbocycles. The fourth-order valence-corrected chi connectivity index (χ4v) is 2.53. The number of hydrogen-bond donors (Lipinski definition) is 3. The predicted octanol–water partition coefficient (Wildman–Crippen LogP) is 1.30. The van der Waals surface area contributed by atoms with Crippen LogP contribution in [0, 0.1) is 0 Å². The molecule has 0 radical (unpaired) electrons. The van der Waals surface area contributed by atoms with Crippen LogP contribution in [0.1, 0.15) is 15.9 Å². The number of aliphatic hydroxyl groups is 1. The molecule has 0 aromatic heterocycles. The monoisotopic (exact) mass is 384 g/mol. The average Bonchev–Trinajstić information content (AvgIpc) is 3.19. The van der Waals surface area contributed by atoms with Crippen molar-refractivity contribution in [3.8, 4) is 17.2 Å². The first kappa shape index (κ1) is 19.2. The normalized spacial score (nSPS) is 12.4. The van der Waals surface area contributed by atoms with Crippen LogP contribution in [0.15, 0.2) is 48.2 Å². The first-order valence-electron chi connectivity index (χ1n) is 8.56. The molecule has 8 heteroatoms. The Kier molecular flexibility index (Phi) is 6.13. The number of carbonyl (C=O) groups excluding carboxylic acids is 2. The summed E-state index contributed by atoms with van der Waals surface area (Å²) in [5, 5.41) is 14.1. The third kappa shape index (κ3) is 4.60. The average molecular weight is 384 g/mol. The molecule has 0 spiro atoms. The van der Waals surface area contributed by atoms with E-state index in [9.17, 15) is 9.59 Å². The third-order valence-corrected chi connectivity index (χ3v) is 3.95. The molecule has 2 aromatic carbocycles. The summed E-state index contributed by atoms with van der Waals surface area (Å²) < 4.78 is 15.7. The van der Waals surface area contributed by atoms with E-state index in [1.807, 2.05) is 0 Å². The molecule has 2 aromatic rings. The van der Waals surface area contributed by atoms with E-state index in [1.165, 1.54) is 13.2 Å². The topological polar surface area (TPSA) is 106 Å². The summed E-state index contributed by atoms with van der Waals surface area (Å²) in [6, 6.07) is 11.7. The van der Waals surface area contributed by atoms with Crippen molar-refractivity contribution in [1.82, 2.24) is 10.6 Å². The van der Waals surface area contributed by atoms with Gasteiger partial charge in [0.25, 0.3) is 11.8 Å². The number of rotatable bonds is 7. The van der Waals surface area contributed by atoms with E-state index in [2.05, 4.69) is 10.6 Å². The standard InChI is InChI=1S/C20H20N2O6/c1-26-15-5-3-14(4-6-15)19(24)22-16(20(25)21-8-9-23)10-13-2-7-17-18(11-13)28-12-27-17/h2-7,10-11,23H,8-9,12H2,1H3,(H,21,25)(H,22,24). The van der Waals surface area contributed by atoms with Crippen LogP contribution in [0.3, 0.4) is 0 Å². The van der Waals surface area contributed by atoms with Crippen molar-refractivity contribution in [1.29, 1.82) is 0 Å². The maximum absolute atomic E-state index is 12.5. The summed E-state index contributed by atoms with van der Waals surface area (Å²) in [7, 11) is 1.53. The molecule has 1 heterocycles. The van der Waals surface area contributed by atoms with Crippen LogP contribution in [0.2, 0.25) is 0 Å². The second-order valence-corrected chi connectivity index (χ2v) is 5.83. The highest BCUT2D eigenvalue weighted by molar-refractivity contribution is 6.05. The van der Waals surface area contributed by atoms with Gasteiger partial charge in [-0.05, 0) is 48.0 Å². The van der Waals surface area contributed by atoms with E-state index >= 15 is 0 Å². The Bertz CT molecular complexity index is 892. The number of amides is 2. The van der Waals surface area contributed by atoms with Gasteiger partial charge in [-0.2, -0.15) is 0 Å². The summed E-state index contributed by atoms with van der Waals surface area (Å²) in [4.78, 5) is 25.0. The van der Waals surface area contributed by atoms with Gasteiger partial charge in [0.05, 0.1) is 13.7 Å². The van der Waals surface area contributed by atoms with Gasteiger partial charge in [0.2, 0.25) is 6.79 Å². The lowest BCUT2D eigenvalue weighted by Crippen LogP contribution is -2.36. The highest BCUT2D eigenvalue weighted by Crippen LogP contribution is 2.33. The summed E-state index contributed by atoms with van der Waals surface area (Å²) in [5.74, 6) is 0.826. The summed E-state index contributed by atoms with van der Waals surface area (Å²) in [6.45, 7) is -0.00820. The van der Waals surface area contributed by atoms with Crippen molar-refractivity contribution in [2.75, 3.05) is 27.1 Å². The molecule has 3 rings (SSSR count). The molecule has 1 aliphatic rings.